The van der Waals surface area contributed by atoms with E-state index < -0.39 is 77.0 Å². The quantitative estimate of drug-likeness (QED) is 0.0233. The third-order valence-corrected chi connectivity index (χ3v) is 24.4. The van der Waals surface area contributed by atoms with E-state index >= 15 is 0 Å². The molecule has 0 saturated carbocycles. The fourth-order valence-electron chi connectivity index (χ4n) is 16.7. The Labute approximate surface area is 699 Å². The van der Waals surface area contributed by atoms with Crippen molar-refractivity contribution in [2.45, 2.75) is 139 Å². The minimum absolute atomic E-state index is 0.0441. The number of nitrogen functional groups attached to an aromatic ring is 2. The molecule has 8 heterocycles. The van der Waals surface area contributed by atoms with Crippen LogP contribution in [0.4, 0.5) is 68.3 Å². The molecular weight excluding hydrogens is 1600 g/mol. The Bertz CT molecular complexity index is 4200. The summed E-state index contributed by atoms with van der Waals surface area (Å²) in [7, 11) is 7.03. The van der Waals surface area contributed by atoms with Gasteiger partial charge < -0.3 is 90.0 Å². The minimum Gasteiger partial charge on any atom is -0.464 e. The van der Waals surface area contributed by atoms with E-state index in [0.29, 0.717) is 136 Å². The number of halogens is 8. The number of nitrogens with one attached hydrogen (secondary N) is 2. The molecule has 8 aliphatic rings. The Morgan fingerprint density at radius 3 is 1.22 bits per heavy atom. The van der Waals surface area contributed by atoms with Crippen molar-refractivity contribution in [1.29, 1.82) is 0 Å². The van der Waals surface area contributed by atoms with Crippen LogP contribution in [0.3, 0.4) is 0 Å². The van der Waals surface area contributed by atoms with Crippen LogP contribution in [0.15, 0.2) is 72.8 Å². The van der Waals surface area contributed by atoms with Gasteiger partial charge in [0, 0.05) is 200 Å². The van der Waals surface area contributed by atoms with Crippen molar-refractivity contribution in [3.8, 4) is 0 Å². The van der Waals surface area contributed by atoms with E-state index in [0.717, 1.165) is 87.0 Å². The second-order valence-electron chi connectivity index (χ2n) is 32.1. The maximum Gasteiger partial charge on any atom is 0.418 e. The maximum atomic E-state index is 14.2. The standard InChI is InChI=1S/C41H54ClF3N8O7.C41H56ClF3N8O6/c1-48(2)35(54)26-59-36(55)12-13-49-19-21-50(22-20-49)29-8-14-51(15-9-29)38(56)34(25-27-23-31(41(43,44)45)37(46)32(42)24-27)60-40(58)52-16-10-30(11-17-52)53-18-7-28-5-3-4-6-33(28)47-39(53)57;1-48(2)23-24-58-36(54)12-13-49-19-21-50(22-20-49)30-8-14-51(15-9-30)38(55)35(27-28-25-32(41(43,44)45)37(46)33(42)26-28)59-40(57)52-16-10-31(11-17-52)53-18-7-29-5-3-4-6-34(29)47-39(53)56/h3-6,23-24,29-30,34H,7-22,25-26,46H2,1-2H3,(H,47,57);3-6,25-26,30-31,35H,7-24,27,46H2,1-2H3,(H,47,56)/t34-;35-/m11/s1. The molecule has 8 aliphatic heterocycles. The van der Waals surface area contributed by atoms with Gasteiger partial charge in [-0.3, -0.25) is 33.8 Å². The van der Waals surface area contributed by atoms with Crippen molar-refractivity contribution >= 4 is 99.9 Å². The first-order valence-corrected chi connectivity index (χ1v) is 41.7. The number of para-hydroxylation sites is 2. The number of likely N-dealkylation sites (tertiary alicyclic amines) is 4. The van der Waals surface area contributed by atoms with E-state index in [-0.39, 0.29) is 121 Å². The first-order valence-electron chi connectivity index (χ1n) is 40.9. The zero-order valence-electron chi connectivity index (χ0n) is 67.9. The summed E-state index contributed by atoms with van der Waals surface area (Å²) < 4.78 is 106. The fourth-order valence-corrected chi connectivity index (χ4v) is 17.2. The number of hydrogen-bond donors (Lipinski definition) is 4. The number of alkyl halides is 6. The topological polar surface area (TPSA) is 306 Å². The fraction of sp³-hybridized carbons (Fsp3) is 0.598. The minimum atomic E-state index is -4.80. The molecule has 4 aromatic rings. The van der Waals surface area contributed by atoms with E-state index in [9.17, 15) is 69.5 Å². The van der Waals surface area contributed by atoms with Gasteiger partial charge in [-0.05, 0) is 137 Å². The predicted molar refractivity (Wildman–Crippen MR) is 434 cm³/mol. The lowest BCUT2D eigenvalue weighted by Crippen LogP contribution is -2.55. The number of amides is 9. The van der Waals surface area contributed by atoms with Gasteiger partial charge in [0.1, 0.15) is 6.61 Å². The SMILES string of the molecule is CN(C)C(=O)COC(=O)CCN1CCN(C2CCN(C(=O)[C@@H](Cc3cc(Cl)c(N)c(C(F)(F)F)c3)OC(=O)N3CCC(N4CCc5ccccc5NC4=O)CC3)CC2)CC1.CN(C)CCOC(=O)CCN1CCN(C2CCN(C(=O)[C@@H](Cc3cc(Cl)c(N)c(C(F)(F)F)c3)OC(=O)N3CCC(N4CCc5ccccc5NC4=O)CC3)CC2)CC1. The lowest BCUT2D eigenvalue weighted by Gasteiger charge is -2.43. The zero-order chi connectivity index (χ0) is 85.4. The van der Waals surface area contributed by atoms with Crippen LogP contribution in [-0.4, -0.2) is 328 Å². The normalized spacial score (nSPS) is 19.4. The Hall–Kier alpha value is -9.13. The molecular formula is C82H110Cl2F6N16O13. The van der Waals surface area contributed by atoms with Crippen molar-refractivity contribution in [3.63, 3.8) is 0 Å². The van der Waals surface area contributed by atoms with Gasteiger partial charge in [0.15, 0.2) is 18.8 Å². The number of benzene rings is 4. The van der Waals surface area contributed by atoms with Gasteiger partial charge in [0.25, 0.3) is 17.7 Å². The average Bonchev–Trinajstić information content (AvgIpc) is 1.72. The van der Waals surface area contributed by atoms with E-state index in [1.54, 1.807) is 33.7 Å². The molecule has 6 saturated heterocycles. The molecule has 29 nitrogen and oxygen atoms in total. The van der Waals surface area contributed by atoms with Crippen LogP contribution in [0.5, 0.6) is 0 Å². The molecule has 6 fully saturated rings. The second kappa shape index (κ2) is 41.4. The molecule has 6 N–H and O–H groups in total. The van der Waals surface area contributed by atoms with Crippen molar-refractivity contribution in [2.24, 2.45) is 0 Å². The van der Waals surface area contributed by atoms with Crippen LogP contribution >= 0.6 is 23.2 Å². The number of esters is 2. The highest BCUT2D eigenvalue weighted by molar-refractivity contribution is 6.33. The Balaban J connectivity index is 0.000000233. The van der Waals surface area contributed by atoms with Gasteiger partial charge in [0.05, 0.1) is 45.4 Å². The molecule has 9 amide bonds. The van der Waals surface area contributed by atoms with Crippen molar-refractivity contribution in [1.82, 2.24) is 58.8 Å². The molecule has 0 aliphatic carbocycles. The van der Waals surface area contributed by atoms with E-state index in [2.05, 4.69) is 30.2 Å². The number of likely N-dealkylation sites (N-methyl/N-ethyl adjacent to an activating group) is 2. The average molecular weight is 1710 g/mol. The number of piperazine rings is 2. The smallest absolute Gasteiger partial charge is 0.418 e. The van der Waals surface area contributed by atoms with Crippen LogP contribution in [0.1, 0.15) is 97.6 Å². The van der Waals surface area contributed by atoms with E-state index in [4.69, 9.17) is 53.6 Å². The number of fused-ring (bicyclic) bond motifs is 2. The van der Waals surface area contributed by atoms with Crippen LogP contribution in [0, 0.1) is 0 Å². The van der Waals surface area contributed by atoms with E-state index in [1.165, 1.54) is 26.8 Å². The first-order chi connectivity index (χ1) is 56.7. The van der Waals surface area contributed by atoms with Crippen molar-refractivity contribution < 1.29 is 88.4 Å². The van der Waals surface area contributed by atoms with Gasteiger partial charge >= 0.3 is 48.5 Å². The summed E-state index contributed by atoms with van der Waals surface area (Å²) in [6, 6.07) is 19.3. The number of nitrogens with two attached hydrogens (primary N) is 2. The number of rotatable bonds is 23. The third kappa shape index (κ3) is 24.8. The molecule has 12 rings (SSSR count). The number of carbonyl (C=O) groups is 9. The molecule has 0 radical (unpaired) electrons. The molecule has 0 aromatic heterocycles. The van der Waals surface area contributed by atoms with E-state index in [1.807, 2.05) is 67.5 Å². The number of anilines is 4. The number of piperidine rings is 4. The molecule has 0 bridgehead atoms. The summed E-state index contributed by atoms with van der Waals surface area (Å²) in [6.07, 6.45) is -8.14. The summed E-state index contributed by atoms with van der Waals surface area (Å²) in [5.41, 5.74) is 11.6. The Morgan fingerprint density at radius 2 is 0.849 bits per heavy atom. The highest BCUT2D eigenvalue weighted by atomic mass is 35.5. The Kier molecular flexibility index (Phi) is 31.6. The lowest BCUT2D eigenvalue weighted by molar-refractivity contribution is -0.151. The molecule has 0 spiro atoms. The number of nitrogens with zero attached hydrogens (tertiary/aromatic N) is 12. The van der Waals surface area contributed by atoms with Crippen LogP contribution < -0.4 is 22.1 Å². The molecule has 119 heavy (non-hydrogen) atoms. The molecule has 2 atom stereocenters. The van der Waals surface area contributed by atoms with Crippen LogP contribution in [0.25, 0.3) is 0 Å². The summed E-state index contributed by atoms with van der Waals surface area (Å²) in [6.45, 7) is 11.8. The Morgan fingerprint density at radius 1 is 0.487 bits per heavy atom. The third-order valence-electron chi connectivity index (χ3n) is 23.8. The van der Waals surface area contributed by atoms with Gasteiger partial charge in [-0.25, -0.2) is 19.2 Å². The van der Waals surface area contributed by atoms with Crippen molar-refractivity contribution in [3.05, 3.63) is 116 Å². The number of hydrogen-bond acceptors (Lipinski definition) is 20. The summed E-state index contributed by atoms with van der Waals surface area (Å²) >= 11 is 12.3. The summed E-state index contributed by atoms with van der Waals surface area (Å²) in [5, 5.41) is 5.34. The maximum absolute atomic E-state index is 14.2. The van der Waals surface area contributed by atoms with Crippen molar-refractivity contribution in [2.75, 3.05) is 201 Å². The van der Waals surface area contributed by atoms with Crippen LogP contribution in [-0.2, 0) is 81.0 Å². The first kappa shape index (κ1) is 90.6. The van der Waals surface area contributed by atoms with Gasteiger partial charge in [0.2, 0.25) is 0 Å². The molecule has 37 heteroatoms. The van der Waals surface area contributed by atoms with Gasteiger partial charge in [-0.15, -0.1) is 0 Å². The predicted octanol–water partition coefficient (Wildman–Crippen LogP) is 8.82. The summed E-state index contributed by atoms with van der Waals surface area (Å²) in [4.78, 5) is 140. The number of carbonyl (C=O) groups excluding carboxylic acids is 9. The summed E-state index contributed by atoms with van der Waals surface area (Å²) in [5.74, 6) is -1.92. The van der Waals surface area contributed by atoms with Crippen LogP contribution in [0.2, 0.25) is 10.0 Å². The number of urea groups is 2. The molecule has 0 unspecified atom stereocenters. The second-order valence-corrected chi connectivity index (χ2v) is 32.9. The highest BCUT2D eigenvalue weighted by Crippen LogP contribution is 2.41. The van der Waals surface area contributed by atoms with Gasteiger partial charge in [-0.2, -0.15) is 26.3 Å². The molecule has 4 aromatic carbocycles. The largest absolute Gasteiger partial charge is 0.464 e. The zero-order valence-corrected chi connectivity index (χ0v) is 69.4. The number of ether oxygens (including phenoxy) is 4. The molecule has 652 valence electrons. The highest BCUT2D eigenvalue weighted by Gasteiger charge is 2.43. The lowest BCUT2D eigenvalue weighted by atomic mass is 9.99. The van der Waals surface area contributed by atoms with Gasteiger partial charge in [-0.1, -0.05) is 59.6 Å². The monoisotopic (exact) mass is 1710 g/mol.